The summed E-state index contributed by atoms with van der Waals surface area (Å²) in [5.41, 5.74) is -0.817. The Morgan fingerprint density at radius 2 is 0.818 bits per heavy atom. The van der Waals surface area contributed by atoms with Crippen LogP contribution in [0.4, 0.5) is 4.79 Å². The van der Waals surface area contributed by atoms with Gasteiger partial charge >= 0.3 is 6.16 Å². The van der Waals surface area contributed by atoms with Gasteiger partial charge in [0, 0.05) is 11.8 Å². The van der Waals surface area contributed by atoms with E-state index in [0.29, 0.717) is 0 Å². The zero-order chi connectivity index (χ0) is 33.3. The summed E-state index contributed by atoms with van der Waals surface area (Å²) in [6.45, 7) is 21.3. The van der Waals surface area contributed by atoms with Crippen LogP contribution in [0.2, 0.25) is 0 Å². The summed E-state index contributed by atoms with van der Waals surface area (Å²) >= 11 is 0. The molecule has 0 fully saturated rings. The third-order valence-corrected chi connectivity index (χ3v) is 7.77. The lowest BCUT2D eigenvalue weighted by atomic mass is 9.92. The average Bonchev–Trinajstić information content (AvgIpc) is 2.95. The van der Waals surface area contributed by atoms with E-state index in [1.807, 2.05) is 41.5 Å². The van der Waals surface area contributed by atoms with E-state index in [1.54, 1.807) is 0 Å². The lowest BCUT2D eigenvalue weighted by Crippen LogP contribution is -2.34. The highest BCUT2D eigenvalue weighted by atomic mass is 17.2. The van der Waals surface area contributed by atoms with Gasteiger partial charge in [-0.1, -0.05) is 118 Å². The third-order valence-electron chi connectivity index (χ3n) is 7.77. The fraction of sp³-hybridized carbons (Fsp3) is 0.973. The van der Waals surface area contributed by atoms with Crippen molar-refractivity contribution in [1.82, 2.24) is 0 Å². The van der Waals surface area contributed by atoms with Crippen LogP contribution < -0.4 is 0 Å². The SMILES string of the molecule is CCCCCCCC(OOC(C)(C)C)C(CCCC)COC(=O)OCC(CCCC)C(CCCCCCC)OOC(C)(C)C. The molecule has 0 aromatic heterocycles. The largest absolute Gasteiger partial charge is 0.508 e. The standard InChI is InChI=1S/C37H74O7/c1-11-15-19-21-23-27-33(41-43-36(5,6)7)31(25-17-13-3)29-39-35(38)40-30-32(26-18-14-4)34(42-44-37(8,9)10)28-24-22-20-16-12-2/h31-34H,11-30H2,1-10H3. The molecule has 0 rings (SSSR count). The van der Waals surface area contributed by atoms with E-state index < -0.39 is 17.4 Å². The summed E-state index contributed by atoms with van der Waals surface area (Å²) in [4.78, 5) is 36.6. The average molecular weight is 631 g/mol. The van der Waals surface area contributed by atoms with Crippen LogP contribution in [0.1, 0.15) is 185 Å². The lowest BCUT2D eigenvalue weighted by Gasteiger charge is -2.30. The van der Waals surface area contributed by atoms with Crippen LogP contribution in [-0.4, -0.2) is 42.8 Å². The van der Waals surface area contributed by atoms with E-state index in [2.05, 4.69) is 27.7 Å². The molecule has 0 radical (unpaired) electrons. The lowest BCUT2D eigenvalue weighted by molar-refractivity contribution is -0.382. The van der Waals surface area contributed by atoms with Crippen molar-refractivity contribution in [3.8, 4) is 0 Å². The molecule has 0 saturated heterocycles. The molecule has 0 aliphatic carbocycles. The Morgan fingerprint density at radius 1 is 0.477 bits per heavy atom. The summed E-state index contributed by atoms with van der Waals surface area (Å²) in [5, 5.41) is 0. The first-order chi connectivity index (χ1) is 20.9. The van der Waals surface area contributed by atoms with Crippen molar-refractivity contribution in [2.45, 2.75) is 208 Å². The molecule has 0 saturated carbocycles. The van der Waals surface area contributed by atoms with Crippen molar-refractivity contribution in [3.05, 3.63) is 0 Å². The third kappa shape index (κ3) is 25.3. The van der Waals surface area contributed by atoms with Gasteiger partial charge in [0.05, 0.1) is 23.4 Å². The number of hydrogen-bond acceptors (Lipinski definition) is 7. The highest BCUT2D eigenvalue weighted by Gasteiger charge is 2.29. The quantitative estimate of drug-likeness (QED) is 0.0368. The van der Waals surface area contributed by atoms with Gasteiger partial charge in [-0.3, -0.25) is 0 Å². The van der Waals surface area contributed by atoms with Gasteiger partial charge < -0.3 is 9.47 Å². The molecule has 0 aromatic carbocycles. The molecule has 44 heavy (non-hydrogen) atoms. The van der Waals surface area contributed by atoms with E-state index in [9.17, 15) is 4.79 Å². The second-order valence-corrected chi connectivity index (χ2v) is 14.7. The highest BCUT2D eigenvalue weighted by molar-refractivity contribution is 5.59. The van der Waals surface area contributed by atoms with Crippen molar-refractivity contribution in [3.63, 3.8) is 0 Å². The van der Waals surface area contributed by atoms with Gasteiger partial charge in [0.2, 0.25) is 0 Å². The first kappa shape index (κ1) is 43.1. The maximum Gasteiger partial charge on any atom is 0.508 e. The second kappa shape index (κ2) is 26.2. The molecule has 264 valence electrons. The van der Waals surface area contributed by atoms with Crippen LogP contribution >= 0.6 is 0 Å². The van der Waals surface area contributed by atoms with Crippen LogP contribution in [0.25, 0.3) is 0 Å². The van der Waals surface area contributed by atoms with Crippen LogP contribution in [0.5, 0.6) is 0 Å². The van der Waals surface area contributed by atoms with Gasteiger partial charge in [-0.2, -0.15) is 0 Å². The Hall–Kier alpha value is -0.890. The van der Waals surface area contributed by atoms with Crippen molar-refractivity contribution >= 4 is 6.16 Å². The van der Waals surface area contributed by atoms with Gasteiger partial charge in [-0.25, -0.2) is 24.3 Å². The molecule has 0 spiro atoms. The molecule has 4 atom stereocenters. The van der Waals surface area contributed by atoms with Gasteiger partial charge in [-0.05, 0) is 67.2 Å². The Balaban J connectivity index is 5.37. The van der Waals surface area contributed by atoms with Crippen LogP contribution in [0, 0.1) is 11.8 Å². The second-order valence-electron chi connectivity index (χ2n) is 14.7. The molecule has 0 bridgehead atoms. The summed E-state index contributed by atoms with van der Waals surface area (Å²) in [6, 6.07) is 0. The van der Waals surface area contributed by atoms with E-state index in [4.69, 9.17) is 29.0 Å². The van der Waals surface area contributed by atoms with E-state index in [-0.39, 0.29) is 37.3 Å². The summed E-state index contributed by atoms with van der Waals surface area (Å²) in [5.74, 6) is 0.0950. The molecular formula is C37H74O7. The minimum atomic E-state index is -0.620. The summed E-state index contributed by atoms with van der Waals surface area (Å²) in [6.07, 6.45) is 18.8. The number of hydrogen-bond donors (Lipinski definition) is 0. The van der Waals surface area contributed by atoms with Crippen molar-refractivity contribution in [2.75, 3.05) is 13.2 Å². The van der Waals surface area contributed by atoms with Gasteiger partial charge in [-0.15, -0.1) is 0 Å². The topological polar surface area (TPSA) is 72.5 Å². The van der Waals surface area contributed by atoms with E-state index >= 15 is 0 Å². The first-order valence-electron chi connectivity index (χ1n) is 18.3. The van der Waals surface area contributed by atoms with Crippen LogP contribution in [-0.2, 0) is 29.0 Å². The predicted molar refractivity (Wildman–Crippen MR) is 182 cm³/mol. The zero-order valence-corrected chi connectivity index (χ0v) is 30.8. The molecule has 0 amide bonds. The minimum Gasteiger partial charge on any atom is -0.434 e. The first-order valence-corrected chi connectivity index (χ1v) is 18.3. The summed E-state index contributed by atoms with van der Waals surface area (Å²) in [7, 11) is 0. The summed E-state index contributed by atoms with van der Waals surface area (Å²) < 4.78 is 11.5. The fourth-order valence-corrected chi connectivity index (χ4v) is 5.11. The molecule has 0 heterocycles. The highest BCUT2D eigenvalue weighted by Crippen LogP contribution is 2.26. The molecular weight excluding hydrogens is 556 g/mol. The minimum absolute atomic E-state index is 0.0475. The Bertz CT molecular complexity index is 601. The van der Waals surface area contributed by atoms with Crippen LogP contribution in [0.3, 0.4) is 0 Å². The maximum atomic E-state index is 13.0. The number of carbonyl (C=O) groups is 1. The normalized spacial score (nSPS) is 15.1. The van der Waals surface area contributed by atoms with E-state index in [1.165, 1.54) is 51.4 Å². The zero-order valence-electron chi connectivity index (χ0n) is 30.8. The van der Waals surface area contributed by atoms with E-state index in [0.717, 1.165) is 64.2 Å². The molecule has 0 aliphatic rings. The smallest absolute Gasteiger partial charge is 0.434 e. The molecule has 4 unspecified atom stereocenters. The molecule has 0 aliphatic heterocycles. The number of ether oxygens (including phenoxy) is 2. The van der Waals surface area contributed by atoms with Crippen molar-refractivity contribution < 1.29 is 33.8 Å². The van der Waals surface area contributed by atoms with Crippen molar-refractivity contribution in [1.29, 1.82) is 0 Å². The molecule has 0 N–H and O–H groups in total. The molecule has 7 nitrogen and oxygen atoms in total. The monoisotopic (exact) mass is 631 g/mol. The molecule has 0 aromatic rings. The number of rotatable bonds is 28. The van der Waals surface area contributed by atoms with Gasteiger partial charge in [0.1, 0.15) is 13.2 Å². The van der Waals surface area contributed by atoms with Gasteiger partial charge in [0.15, 0.2) is 0 Å². The maximum absolute atomic E-state index is 13.0. The predicted octanol–water partition coefficient (Wildman–Crippen LogP) is 11.7. The van der Waals surface area contributed by atoms with Gasteiger partial charge in [0.25, 0.3) is 0 Å². The Kier molecular flexibility index (Phi) is 25.7. The Labute approximate surface area is 273 Å². The number of unbranched alkanes of at least 4 members (excludes halogenated alkanes) is 10. The fourth-order valence-electron chi connectivity index (χ4n) is 5.11. The Morgan fingerprint density at radius 3 is 1.14 bits per heavy atom. The van der Waals surface area contributed by atoms with Crippen molar-refractivity contribution in [2.24, 2.45) is 11.8 Å². The van der Waals surface area contributed by atoms with Crippen LogP contribution in [0.15, 0.2) is 0 Å². The molecule has 7 heteroatoms. The number of carbonyl (C=O) groups excluding carboxylic acids is 1.